The van der Waals surface area contributed by atoms with Crippen molar-refractivity contribution in [2.45, 2.75) is 12.3 Å². The van der Waals surface area contributed by atoms with Crippen LogP contribution in [-0.4, -0.2) is 50.3 Å². The lowest BCUT2D eigenvalue weighted by Gasteiger charge is -2.13. The van der Waals surface area contributed by atoms with Crippen LogP contribution < -0.4 is 15.4 Å². The maximum Gasteiger partial charge on any atom is 0.422 e. The highest BCUT2D eigenvalue weighted by Gasteiger charge is 2.28. The molecule has 0 unspecified atom stereocenters. The molecule has 0 saturated carbocycles. The van der Waals surface area contributed by atoms with Gasteiger partial charge in [-0.25, -0.2) is 4.79 Å². The molecule has 0 heterocycles. The number of methoxy groups -OCH3 is 1. The standard InChI is InChI=1S/C14H16F3N3O4/c1-23-7-11(21)6-19-13(22)20-10-2-3-12(9(4-10)5-18)24-8-14(15,16)17/h2-4,11,21H,6-8H2,1H3,(H2,19,20,22)/t11-/m1/s1. The number of carbonyl (C=O) groups is 1. The Morgan fingerprint density at radius 2 is 2.17 bits per heavy atom. The summed E-state index contributed by atoms with van der Waals surface area (Å²) >= 11 is 0. The smallest absolute Gasteiger partial charge is 0.422 e. The number of nitrogens with zero attached hydrogens (tertiary/aromatic N) is 1. The zero-order valence-electron chi connectivity index (χ0n) is 12.7. The Morgan fingerprint density at radius 1 is 1.46 bits per heavy atom. The second-order valence-electron chi connectivity index (χ2n) is 4.67. The Labute approximate surface area is 136 Å². The van der Waals surface area contributed by atoms with Gasteiger partial charge in [-0.15, -0.1) is 0 Å². The van der Waals surface area contributed by atoms with Crippen LogP contribution in [0.25, 0.3) is 0 Å². The average Bonchev–Trinajstić information content (AvgIpc) is 2.51. The summed E-state index contributed by atoms with van der Waals surface area (Å²) < 4.78 is 45.6. The summed E-state index contributed by atoms with van der Waals surface area (Å²) in [6.45, 7) is -1.53. The van der Waals surface area contributed by atoms with Crippen molar-refractivity contribution >= 4 is 11.7 Å². The van der Waals surface area contributed by atoms with Crippen LogP contribution in [0.1, 0.15) is 5.56 Å². The molecule has 1 aromatic carbocycles. The van der Waals surface area contributed by atoms with Gasteiger partial charge >= 0.3 is 12.2 Å². The summed E-state index contributed by atoms with van der Waals surface area (Å²) in [5, 5.41) is 23.1. The third-order valence-electron chi connectivity index (χ3n) is 2.61. The Morgan fingerprint density at radius 3 is 2.75 bits per heavy atom. The second kappa shape index (κ2) is 8.95. The number of nitriles is 1. The van der Waals surface area contributed by atoms with Crippen LogP contribution in [0.15, 0.2) is 18.2 Å². The molecule has 2 amide bonds. The van der Waals surface area contributed by atoms with Gasteiger partial charge in [-0.2, -0.15) is 18.4 Å². The molecular formula is C14H16F3N3O4. The molecule has 24 heavy (non-hydrogen) atoms. The fourth-order valence-electron chi connectivity index (χ4n) is 1.62. The quantitative estimate of drug-likeness (QED) is 0.695. The number of benzene rings is 1. The Bertz CT molecular complexity index is 602. The summed E-state index contributed by atoms with van der Waals surface area (Å²) in [7, 11) is 1.40. The number of amides is 2. The van der Waals surface area contributed by atoms with Gasteiger partial charge in [-0.1, -0.05) is 0 Å². The summed E-state index contributed by atoms with van der Waals surface area (Å²) in [6.07, 6.45) is -5.40. The Hall–Kier alpha value is -2.51. The molecule has 0 aromatic heterocycles. The number of carbonyl (C=O) groups excluding carboxylic acids is 1. The van der Waals surface area contributed by atoms with E-state index in [9.17, 15) is 23.1 Å². The molecule has 132 valence electrons. The highest BCUT2D eigenvalue weighted by molar-refractivity contribution is 5.89. The number of aliphatic hydroxyl groups excluding tert-OH is 1. The zero-order chi connectivity index (χ0) is 18.2. The molecule has 0 bridgehead atoms. The topological polar surface area (TPSA) is 104 Å². The highest BCUT2D eigenvalue weighted by atomic mass is 19.4. The van der Waals surface area contributed by atoms with Gasteiger partial charge in [-0.05, 0) is 18.2 Å². The van der Waals surface area contributed by atoms with Gasteiger partial charge < -0.3 is 25.2 Å². The second-order valence-corrected chi connectivity index (χ2v) is 4.67. The van der Waals surface area contributed by atoms with Crippen LogP contribution in [0.4, 0.5) is 23.7 Å². The van der Waals surface area contributed by atoms with E-state index in [1.165, 1.54) is 19.2 Å². The monoisotopic (exact) mass is 347 g/mol. The van der Waals surface area contributed by atoms with Crippen molar-refractivity contribution in [3.05, 3.63) is 23.8 Å². The number of anilines is 1. The third kappa shape index (κ3) is 7.17. The van der Waals surface area contributed by atoms with Gasteiger partial charge in [0.05, 0.1) is 18.3 Å². The van der Waals surface area contributed by atoms with Crippen molar-refractivity contribution in [2.24, 2.45) is 0 Å². The number of halogens is 3. The van der Waals surface area contributed by atoms with Crippen LogP contribution in [-0.2, 0) is 4.74 Å². The van der Waals surface area contributed by atoms with Gasteiger partial charge in [0.25, 0.3) is 0 Å². The van der Waals surface area contributed by atoms with Crippen molar-refractivity contribution < 1.29 is 32.5 Å². The lowest BCUT2D eigenvalue weighted by molar-refractivity contribution is -0.153. The van der Waals surface area contributed by atoms with E-state index in [-0.39, 0.29) is 30.2 Å². The van der Waals surface area contributed by atoms with Crippen LogP contribution in [0, 0.1) is 11.3 Å². The molecule has 1 aromatic rings. The maximum absolute atomic E-state index is 12.1. The van der Waals surface area contributed by atoms with E-state index in [1.54, 1.807) is 6.07 Å². The van der Waals surface area contributed by atoms with E-state index in [0.717, 1.165) is 6.07 Å². The third-order valence-corrected chi connectivity index (χ3v) is 2.61. The van der Waals surface area contributed by atoms with E-state index in [1.807, 2.05) is 0 Å². The fraction of sp³-hybridized carbons (Fsp3) is 0.429. The average molecular weight is 347 g/mol. The Kier molecular flexibility index (Phi) is 7.29. The van der Waals surface area contributed by atoms with Crippen molar-refractivity contribution in [3.63, 3.8) is 0 Å². The molecule has 0 saturated heterocycles. The first-order chi connectivity index (χ1) is 11.2. The first-order valence-electron chi connectivity index (χ1n) is 6.70. The fourth-order valence-corrected chi connectivity index (χ4v) is 1.62. The molecule has 0 aliphatic rings. The predicted molar refractivity (Wildman–Crippen MR) is 77.6 cm³/mol. The largest absolute Gasteiger partial charge is 0.483 e. The minimum absolute atomic E-state index is 0.0457. The zero-order valence-corrected chi connectivity index (χ0v) is 12.7. The van der Waals surface area contributed by atoms with Crippen LogP contribution in [0.2, 0.25) is 0 Å². The van der Waals surface area contributed by atoms with Gasteiger partial charge in [0, 0.05) is 19.3 Å². The van der Waals surface area contributed by atoms with Crippen molar-refractivity contribution in [1.29, 1.82) is 5.26 Å². The molecular weight excluding hydrogens is 331 g/mol. The van der Waals surface area contributed by atoms with E-state index < -0.39 is 24.9 Å². The van der Waals surface area contributed by atoms with Gasteiger partial charge in [0.15, 0.2) is 6.61 Å². The van der Waals surface area contributed by atoms with Crippen LogP contribution in [0.5, 0.6) is 5.75 Å². The first-order valence-corrected chi connectivity index (χ1v) is 6.70. The summed E-state index contributed by atoms with van der Waals surface area (Å²) in [5.41, 5.74) is 0.0288. The predicted octanol–water partition coefficient (Wildman–Crippen LogP) is 1.63. The van der Waals surface area contributed by atoms with Gasteiger partial charge in [0.2, 0.25) is 0 Å². The summed E-state index contributed by atoms with van der Waals surface area (Å²) in [5.74, 6) is -0.240. The number of nitrogens with one attached hydrogen (secondary N) is 2. The molecule has 0 spiro atoms. The highest BCUT2D eigenvalue weighted by Crippen LogP contribution is 2.24. The lowest BCUT2D eigenvalue weighted by atomic mass is 10.2. The first kappa shape index (κ1) is 19.5. The molecule has 0 aliphatic carbocycles. The van der Waals surface area contributed by atoms with Gasteiger partial charge in [0.1, 0.15) is 11.8 Å². The lowest BCUT2D eigenvalue weighted by Crippen LogP contribution is -2.37. The summed E-state index contributed by atoms with van der Waals surface area (Å²) in [4.78, 5) is 11.6. The van der Waals surface area contributed by atoms with Gasteiger partial charge in [-0.3, -0.25) is 0 Å². The number of ether oxygens (including phenoxy) is 2. The molecule has 7 nitrogen and oxygen atoms in total. The normalized spacial score (nSPS) is 12.2. The number of rotatable bonds is 7. The number of hydrogen-bond donors (Lipinski definition) is 3. The van der Waals surface area contributed by atoms with Crippen LogP contribution >= 0.6 is 0 Å². The summed E-state index contributed by atoms with van der Waals surface area (Å²) in [6, 6.07) is 4.66. The minimum Gasteiger partial charge on any atom is -0.483 e. The van der Waals surface area contributed by atoms with E-state index in [2.05, 4.69) is 15.4 Å². The molecule has 0 aliphatic heterocycles. The number of hydrogen-bond acceptors (Lipinski definition) is 5. The maximum atomic E-state index is 12.1. The molecule has 3 N–H and O–H groups in total. The Balaban J connectivity index is 2.64. The van der Waals surface area contributed by atoms with E-state index in [4.69, 9.17) is 10.00 Å². The van der Waals surface area contributed by atoms with Crippen LogP contribution in [0.3, 0.4) is 0 Å². The van der Waals surface area contributed by atoms with Crippen molar-refractivity contribution in [1.82, 2.24) is 5.32 Å². The van der Waals surface area contributed by atoms with Crippen molar-refractivity contribution in [2.75, 3.05) is 32.2 Å². The molecule has 0 fully saturated rings. The van der Waals surface area contributed by atoms with E-state index >= 15 is 0 Å². The minimum atomic E-state index is -4.52. The number of urea groups is 1. The number of alkyl halides is 3. The molecule has 1 rings (SSSR count). The van der Waals surface area contributed by atoms with E-state index in [0.29, 0.717) is 0 Å². The molecule has 0 radical (unpaired) electrons. The molecule has 1 atom stereocenters. The SMILES string of the molecule is COC[C@H](O)CNC(=O)Nc1ccc(OCC(F)(F)F)c(C#N)c1. The number of aliphatic hydroxyl groups is 1. The molecule has 10 heteroatoms. The van der Waals surface area contributed by atoms with Crippen molar-refractivity contribution in [3.8, 4) is 11.8 Å².